The molecule has 3 aromatic heterocycles. The van der Waals surface area contributed by atoms with Gasteiger partial charge in [0, 0.05) is 7.05 Å². The molecule has 1 fully saturated rings. The highest BCUT2D eigenvalue weighted by Gasteiger charge is 2.42. The summed E-state index contributed by atoms with van der Waals surface area (Å²) < 4.78 is 12.2. The Bertz CT molecular complexity index is 1060. The smallest absolute Gasteiger partial charge is 0.331 e. The van der Waals surface area contributed by atoms with Gasteiger partial charge in [0.1, 0.15) is 11.2 Å². The number of amides is 1. The van der Waals surface area contributed by atoms with Crippen LogP contribution in [0, 0.1) is 6.92 Å². The number of pyridine rings is 1. The summed E-state index contributed by atoms with van der Waals surface area (Å²) in [6.45, 7) is 1.84. The molecule has 1 amide bonds. The van der Waals surface area contributed by atoms with E-state index in [9.17, 15) is 9.59 Å². The van der Waals surface area contributed by atoms with Crippen molar-refractivity contribution < 1.29 is 18.7 Å². The standard InChI is InChI=1S/C21H24N4O4/c1-13-17-14(19(26)23-21(20(27)28-3)9-5-4-6-10-21)12-15(16-8-7-11-29-16)22-18(17)25(2)24-13/h7-8,11-12H,4-6,9-10H2,1-3H3,(H,23,26). The topological polar surface area (TPSA) is 99.2 Å². The van der Waals surface area contributed by atoms with Crippen LogP contribution >= 0.6 is 0 Å². The number of nitrogens with zero attached hydrogens (tertiary/aromatic N) is 3. The van der Waals surface area contributed by atoms with Crippen LogP contribution < -0.4 is 5.32 Å². The van der Waals surface area contributed by atoms with Crippen LogP contribution in [0.2, 0.25) is 0 Å². The average Bonchev–Trinajstić information content (AvgIpc) is 3.36. The van der Waals surface area contributed by atoms with Crippen LogP contribution in [0.25, 0.3) is 22.5 Å². The van der Waals surface area contributed by atoms with E-state index in [0.717, 1.165) is 19.3 Å². The molecule has 8 heteroatoms. The van der Waals surface area contributed by atoms with Crippen LogP contribution in [0.1, 0.15) is 48.2 Å². The number of carbonyl (C=O) groups excluding carboxylic acids is 2. The third-order valence-corrected chi connectivity index (χ3v) is 5.62. The Labute approximate surface area is 168 Å². The number of fused-ring (bicyclic) bond motifs is 1. The Hall–Kier alpha value is -3.16. The first-order valence-electron chi connectivity index (χ1n) is 9.74. The summed E-state index contributed by atoms with van der Waals surface area (Å²) in [6, 6.07) is 5.25. The maximum atomic E-state index is 13.4. The molecule has 152 valence electrons. The van der Waals surface area contributed by atoms with E-state index in [1.54, 1.807) is 36.2 Å². The van der Waals surface area contributed by atoms with E-state index in [4.69, 9.17) is 9.15 Å². The molecule has 0 aliphatic heterocycles. The van der Waals surface area contributed by atoms with Gasteiger partial charge in [-0.05, 0) is 38.0 Å². The molecule has 1 aliphatic rings. The van der Waals surface area contributed by atoms with E-state index in [-0.39, 0.29) is 5.91 Å². The Balaban J connectivity index is 1.81. The van der Waals surface area contributed by atoms with Gasteiger partial charge in [-0.15, -0.1) is 0 Å². The van der Waals surface area contributed by atoms with Crippen molar-refractivity contribution in [2.75, 3.05) is 7.11 Å². The molecular formula is C21H24N4O4. The zero-order valence-electron chi connectivity index (χ0n) is 16.8. The summed E-state index contributed by atoms with van der Waals surface area (Å²) in [5.74, 6) is -0.182. The SMILES string of the molecule is COC(=O)C1(NC(=O)c2cc(-c3ccco3)nc3c2c(C)nn3C)CCCCC1. The molecule has 0 atom stereocenters. The van der Waals surface area contributed by atoms with Gasteiger partial charge >= 0.3 is 5.97 Å². The number of methoxy groups -OCH3 is 1. The number of rotatable bonds is 4. The van der Waals surface area contributed by atoms with Gasteiger partial charge in [0.2, 0.25) is 0 Å². The number of ether oxygens (including phenoxy) is 1. The first-order valence-corrected chi connectivity index (χ1v) is 9.74. The summed E-state index contributed by atoms with van der Waals surface area (Å²) in [7, 11) is 3.14. The fraction of sp³-hybridized carbons (Fsp3) is 0.429. The van der Waals surface area contributed by atoms with Crippen LogP contribution in [0.5, 0.6) is 0 Å². The summed E-state index contributed by atoms with van der Waals surface area (Å²) in [6.07, 6.45) is 5.46. The largest absolute Gasteiger partial charge is 0.467 e. The lowest BCUT2D eigenvalue weighted by atomic mass is 9.81. The first-order chi connectivity index (χ1) is 13.9. The normalized spacial score (nSPS) is 16.0. The number of nitrogens with one attached hydrogen (secondary N) is 1. The second-order valence-electron chi connectivity index (χ2n) is 7.53. The fourth-order valence-corrected chi connectivity index (χ4v) is 4.19. The van der Waals surface area contributed by atoms with Gasteiger partial charge in [-0.25, -0.2) is 9.78 Å². The zero-order chi connectivity index (χ0) is 20.6. The molecule has 0 unspecified atom stereocenters. The van der Waals surface area contributed by atoms with Crippen LogP contribution in [-0.4, -0.2) is 39.3 Å². The Morgan fingerprint density at radius 2 is 2.03 bits per heavy atom. The second-order valence-corrected chi connectivity index (χ2v) is 7.53. The average molecular weight is 396 g/mol. The van der Waals surface area contributed by atoms with Crippen LogP contribution in [0.3, 0.4) is 0 Å². The van der Waals surface area contributed by atoms with E-state index < -0.39 is 11.5 Å². The van der Waals surface area contributed by atoms with E-state index in [2.05, 4.69) is 15.4 Å². The monoisotopic (exact) mass is 396 g/mol. The second kappa shape index (κ2) is 7.35. The first kappa shape index (κ1) is 19.2. The highest BCUT2D eigenvalue weighted by molar-refractivity contribution is 6.08. The number of aromatic nitrogens is 3. The van der Waals surface area contributed by atoms with Crippen molar-refractivity contribution in [3.8, 4) is 11.5 Å². The highest BCUT2D eigenvalue weighted by atomic mass is 16.5. The molecule has 4 rings (SSSR count). The Kier molecular flexibility index (Phi) is 4.86. The molecule has 0 spiro atoms. The van der Waals surface area contributed by atoms with Gasteiger partial charge in [0.05, 0.1) is 30.0 Å². The maximum Gasteiger partial charge on any atom is 0.331 e. The molecule has 0 radical (unpaired) electrons. The molecule has 0 bridgehead atoms. The molecule has 3 aromatic rings. The van der Waals surface area contributed by atoms with Crippen molar-refractivity contribution in [1.82, 2.24) is 20.1 Å². The molecule has 8 nitrogen and oxygen atoms in total. The summed E-state index contributed by atoms with van der Waals surface area (Å²) in [4.78, 5) is 30.6. The molecule has 3 heterocycles. The van der Waals surface area contributed by atoms with E-state index >= 15 is 0 Å². The van der Waals surface area contributed by atoms with Crippen molar-refractivity contribution in [3.63, 3.8) is 0 Å². The highest BCUT2D eigenvalue weighted by Crippen LogP contribution is 2.32. The quantitative estimate of drug-likeness (QED) is 0.680. The Morgan fingerprint density at radius 3 is 2.69 bits per heavy atom. The van der Waals surface area contributed by atoms with Crippen molar-refractivity contribution in [2.45, 2.75) is 44.6 Å². The molecule has 1 aliphatic carbocycles. The van der Waals surface area contributed by atoms with Gasteiger partial charge < -0.3 is 14.5 Å². The summed E-state index contributed by atoms with van der Waals surface area (Å²) in [5.41, 5.74) is 1.23. The minimum atomic E-state index is -0.999. The Morgan fingerprint density at radius 1 is 1.28 bits per heavy atom. The number of carbonyl (C=O) groups is 2. The fourth-order valence-electron chi connectivity index (χ4n) is 4.19. The molecule has 29 heavy (non-hydrogen) atoms. The molecule has 1 N–H and O–H groups in total. The molecular weight excluding hydrogens is 372 g/mol. The molecule has 0 saturated heterocycles. The lowest BCUT2D eigenvalue weighted by molar-refractivity contribution is -0.149. The number of aryl methyl sites for hydroxylation is 2. The number of hydrogen-bond donors (Lipinski definition) is 1. The lowest BCUT2D eigenvalue weighted by Crippen LogP contribution is -2.56. The van der Waals surface area contributed by atoms with Crippen LogP contribution in [0.15, 0.2) is 28.9 Å². The lowest BCUT2D eigenvalue weighted by Gasteiger charge is -2.35. The van der Waals surface area contributed by atoms with Crippen molar-refractivity contribution in [1.29, 1.82) is 0 Å². The van der Waals surface area contributed by atoms with Crippen LogP contribution in [0.4, 0.5) is 0 Å². The number of hydrogen-bond acceptors (Lipinski definition) is 6. The third kappa shape index (κ3) is 3.28. The minimum Gasteiger partial charge on any atom is -0.467 e. The minimum absolute atomic E-state index is 0.339. The van der Waals surface area contributed by atoms with E-state index in [0.29, 0.717) is 46.6 Å². The van der Waals surface area contributed by atoms with Gasteiger partial charge in [0.25, 0.3) is 5.91 Å². The number of furan rings is 1. The van der Waals surface area contributed by atoms with Gasteiger partial charge in [-0.3, -0.25) is 9.48 Å². The van der Waals surface area contributed by atoms with E-state index in [1.165, 1.54) is 7.11 Å². The number of esters is 1. The van der Waals surface area contributed by atoms with Crippen molar-refractivity contribution >= 4 is 22.9 Å². The predicted octanol–water partition coefficient (Wildman–Crippen LogP) is 3.14. The molecule has 1 saturated carbocycles. The predicted molar refractivity (Wildman–Crippen MR) is 106 cm³/mol. The summed E-state index contributed by atoms with van der Waals surface area (Å²) in [5, 5.41) is 8.08. The third-order valence-electron chi connectivity index (χ3n) is 5.62. The van der Waals surface area contributed by atoms with Crippen molar-refractivity contribution in [3.05, 3.63) is 35.7 Å². The molecule has 0 aromatic carbocycles. The van der Waals surface area contributed by atoms with Crippen molar-refractivity contribution in [2.24, 2.45) is 7.05 Å². The maximum absolute atomic E-state index is 13.4. The summed E-state index contributed by atoms with van der Waals surface area (Å²) >= 11 is 0. The van der Waals surface area contributed by atoms with Crippen LogP contribution in [-0.2, 0) is 16.6 Å². The van der Waals surface area contributed by atoms with Gasteiger partial charge in [0.15, 0.2) is 11.4 Å². The van der Waals surface area contributed by atoms with Gasteiger partial charge in [-0.1, -0.05) is 19.3 Å². The van der Waals surface area contributed by atoms with E-state index in [1.807, 2.05) is 6.92 Å². The van der Waals surface area contributed by atoms with Gasteiger partial charge in [-0.2, -0.15) is 5.10 Å². The zero-order valence-corrected chi connectivity index (χ0v) is 16.8.